The molecule has 0 amide bonds. The van der Waals surface area contributed by atoms with E-state index < -0.39 is 10.0 Å². The van der Waals surface area contributed by atoms with Gasteiger partial charge in [0.25, 0.3) is 0 Å². The minimum Gasteiger partial charge on any atom is -0.398 e. The lowest BCUT2D eigenvalue weighted by atomic mass is 10.1. The van der Waals surface area contributed by atoms with Gasteiger partial charge >= 0.3 is 0 Å². The second-order valence-electron chi connectivity index (χ2n) is 5.12. The lowest BCUT2D eigenvalue weighted by molar-refractivity contribution is 0.462. The first-order valence-electron chi connectivity index (χ1n) is 6.44. The van der Waals surface area contributed by atoms with Crippen LogP contribution in [0.1, 0.15) is 22.4 Å². The number of aromatic nitrogens is 1. The molecule has 7 heteroatoms. The van der Waals surface area contributed by atoms with Gasteiger partial charge in [0.15, 0.2) is 0 Å². The van der Waals surface area contributed by atoms with Crippen LogP contribution in [-0.2, 0) is 16.6 Å². The summed E-state index contributed by atoms with van der Waals surface area (Å²) in [7, 11) is -2.04. The number of hydrogen-bond acceptors (Lipinski definition) is 5. The van der Waals surface area contributed by atoms with Crippen molar-refractivity contribution in [2.24, 2.45) is 0 Å². The molecule has 0 fully saturated rings. The molecule has 2 rings (SSSR count). The molecule has 0 aliphatic carbocycles. The molecule has 0 aliphatic rings. The topological polar surface area (TPSA) is 76.3 Å². The molecule has 0 radical (unpaired) electrons. The van der Waals surface area contributed by atoms with Crippen LogP contribution in [0.5, 0.6) is 0 Å². The molecule has 1 aromatic heterocycles. The van der Waals surface area contributed by atoms with Crippen molar-refractivity contribution in [2.75, 3.05) is 12.8 Å². The quantitative estimate of drug-likeness (QED) is 0.876. The van der Waals surface area contributed by atoms with Crippen molar-refractivity contribution >= 4 is 27.0 Å². The Morgan fingerprint density at radius 2 is 1.95 bits per heavy atom. The number of nitrogen functional groups attached to an aromatic ring is 1. The van der Waals surface area contributed by atoms with Crippen LogP contribution in [0.2, 0.25) is 0 Å². The molecule has 0 saturated carbocycles. The Bertz CT molecular complexity index is 753. The maximum atomic E-state index is 12.8. The molecule has 1 aromatic carbocycles. The van der Waals surface area contributed by atoms with Gasteiger partial charge in [0, 0.05) is 18.1 Å². The number of anilines is 1. The Balaban J connectivity index is 2.47. The highest BCUT2D eigenvalue weighted by Crippen LogP contribution is 2.30. The van der Waals surface area contributed by atoms with E-state index in [1.165, 1.54) is 15.6 Å². The Kier molecular flexibility index (Phi) is 4.36. The minimum absolute atomic E-state index is 0.249. The molecule has 114 valence electrons. The van der Waals surface area contributed by atoms with E-state index in [1.807, 2.05) is 18.4 Å². The average Bonchev–Trinajstić information content (AvgIpc) is 2.88. The summed E-state index contributed by atoms with van der Waals surface area (Å²) >= 11 is 1.45. The zero-order valence-electron chi connectivity index (χ0n) is 12.5. The van der Waals surface area contributed by atoms with E-state index in [2.05, 4.69) is 4.98 Å². The van der Waals surface area contributed by atoms with Crippen LogP contribution in [0, 0.1) is 20.8 Å². The third-order valence-corrected chi connectivity index (χ3v) is 6.23. The summed E-state index contributed by atoms with van der Waals surface area (Å²) in [4.78, 5) is 4.42. The first kappa shape index (κ1) is 15.9. The first-order chi connectivity index (χ1) is 9.75. The van der Waals surface area contributed by atoms with Gasteiger partial charge in [-0.2, -0.15) is 4.31 Å². The van der Waals surface area contributed by atoms with E-state index >= 15 is 0 Å². The third kappa shape index (κ3) is 2.95. The van der Waals surface area contributed by atoms with Gasteiger partial charge in [-0.3, -0.25) is 0 Å². The van der Waals surface area contributed by atoms with E-state index in [0.29, 0.717) is 21.7 Å². The Hall–Kier alpha value is -1.44. The fraction of sp³-hybridized carbons (Fsp3) is 0.357. The number of thiazole rings is 1. The van der Waals surface area contributed by atoms with Gasteiger partial charge in [-0.1, -0.05) is 6.07 Å². The molecule has 2 aromatic rings. The van der Waals surface area contributed by atoms with Gasteiger partial charge in [0.2, 0.25) is 10.0 Å². The van der Waals surface area contributed by atoms with Crippen molar-refractivity contribution in [2.45, 2.75) is 32.2 Å². The summed E-state index contributed by atoms with van der Waals surface area (Å²) in [6.45, 7) is 5.67. The number of nitrogens with two attached hydrogens (primary N) is 1. The van der Waals surface area contributed by atoms with Gasteiger partial charge in [-0.05, 0) is 37.5 Å². The molecule has 0 atom stereocenters. The van der Waals surface area contributed by atoms with Crippen molar-refractivity contribution in [3.8, 4) is 0 Å². The van der Waals surface area contributed by atoms with E-state index in [0.717, 1.165) is 11.3 Å². The maximum Gasteiger partial charge on any atom is 0.243 e. The molecular weight excluding hydrogens is 306 g/mol. The highest BCUT2D eigenvalue weighted by Gasteiger charge is 2.26. The molecule has 5 nitrogen and oxygen atoms in total. The summed E-state index contributed by atoms with van der Waals surface area (Å²) in [5.74, 6) is 0. The monoisotopic (exact) mass is 325 g/mol. The summed E-state index contributed by atoms with van der Waals surface area (Å²) in [6.07, 6.45) is 0. The van der Waals surface area contributed by atoms with Crippen LogP contribution in [0.15, 0.2) is 21.9 Å². The zero-order chi connectivity index (χ0) is 15.8. The molecule has 0 aliphatic heterocycles. The number of hydrogen-bond donors (Lipinski definition) is 1. The normalized spacial score (nSPS) is 12.0. The van der Waals surface area contributed by atoms with E-state index in [9.17, 15) is 8.42 Å². The van der Waals surface area contributed by atoms with E-state index in [4.69, 9.17) is 5.73 Å². The Labute approximate surface area is 129 Å². The van der Waals surface area contributed by atoms with Crippen LogP contribution in [0.4, 0.5) is 5.69 Å². The van der Waals surface area contributed by atoms with Crippen molar-refractivity contribution in [3.63, 3.8) is 0 Å². The largest absolute Gasteiger partial charge is 0.398 e. The summed E-state index contributed by atoms with van der Waals surface area (Å²) in [5, 5.41) is 1.84. The van der Waals surface area contributed by atoms with Gasteiger partial charge in [0.05, 0.1) is 22.6 Å². The van der Waals surface area contributed by atoms with Crippen molar-refractivity contribution in [1.29, 1.82) is 0 Å². The van der Waals surface area contributed by atoms with Crippen molar-refractivity contribution < 1.29 is 8.42 Å². The molecule has 1 heterocycles. The highest BCUT2D eigenvalue weighted by molar-refractivity contribution is 7.89. The minimum atomic E-state index is -3.60. The van der Waals surface area contributed by atoms with Crippen LogP contribution in [0.3, 0.4) is 0 Å². The molecule has 21 heavy (non-hydrogen) atoms. The first-order valence-corrected chi connectivity index (χ1v) is 8.83. The smallest absolute Gasteiger partial charge is 0.243 e. The number of aryl methyl sites for hydroxylation is 2. The van der Waals surface area contributed by atoms with Crippen molar-refractivity contribution in [1.82, 2.24) is 9.29 Å². The van der Waals surface area contributed by atoms with Crippen LogP contribution in [-0.4, -0.2) is 24.8 Å². The predicted molar refractivity (Wildman–Crippen MR) is 85.8 cm³/mol. The van der Waals surface area contributed by atoms with E-state index in [1.54, 1.807) is 26.4 Å². The lowest BCUT2D eigenvalue weighted by Gasteiger charge is -2.21. The number of rotatable bonds is 4. The van der Waals surface area contributed by atoms with Crippen LogP contribution >= 0.6 is 11.3 Å². The second-order valence-corrected chi connectivity index (χ2v) is 7.82. The SMILES string of the molecule is Cc1cc(C)c(S(=O)(=O)N(C)Cc2cscn2)c(C)c1N. The highest BCUT2D eigenvalue weighted by atomic mass is 32.2. The fourth-order valence-corrected chi connectivity index (χ4v) is 4.49. The zero-order valence-corrected chi connectivity index (χ0v) is 14.2. The Morgan fingerprint density at radius 1 is 1.29 bits per heavy atom. The molecule has 0 spiro atoms. The van der Waals surface area contributed by atoms with Crippen molar-refractivity contribution in [3.05, 3.63) is 39.3 Å². The van der Waals surface area contributed by atoms with E-state index in [-0.39, 0.29) is 6.54 Å². The lowest BCUT2D eigenvalue weighted by Crippen LogP contribution is -2.28. The molecule has 0 unspecified atom stereocenters. The van der Waals surface area contributed by atoms with Crippen LogP contribution < -0.4 is 5.73 Å². The van der Waals surface area contributed by atoms with Gasteiger partial charge in [-0.25, -0.2) is 13.4 Å². The number of benzene rings is 1. The molecule has 0 saturated heterocycles. The summed E-state index contributed by atoms with van der Waals surface area (Å²) in [5.41, 5.74) is 11.2. The molecule has 0 bridgehead atoms. The molecule has 2 N–H and O–H groups in total. The average molecular weight is 325 g/mol. The fourth-order valence-electron chi connectivity index (χ4n) is 2.36. The summed E-state index contributed by atoms with van der Waals surface area (Å²) in [6, 6.07) is 1.81. The Morgan fingerprint density at radius 3 is 2.52 bits per heavy atom. The number of nitrogens with zero attached hydrogens (tertiary/aromatic N) is 2. The second kappa shape index (κ2) is 5.75. The summed E-state index contributed by atoms with van der Waals surface area (Å²) < 4.78 is 26.9. The molecular formula is C14H19N3O2S2. The van der Waals surface area contributed by atoms with Gasteiger partial charge < -0.3 is 5.73 Å². The van der Waals surface area contributed by atoms with Crippen LogP contribution in [0.25, 0.3) is 0 Å². The maximum absolute atomic E-state index is 12.8. The number of sulfonamides is 1. The van der Waals surface area contributed by atoms with Gasteiger partial charge in [-0.15, -0.1) is 11.3 Å². The third-order valence-electron chi connectivity index (χ3n) is 3.50. The predicted octanol–water partition coefficient (Wildman–Crippen LogP) is 2.47. The standard InChI is InChI=1S/C14H19N3O2S2/c1-9-5-10(2)14(11(3)13(9)15)21(18,19)17(4)6-12-7-20-8-16-12/h5,7-8H,6,15H2,1-4H3. The van der Waals surface area contributed by atoms with Gasteiger partial charge in [0.1, 0.15) is 0 Å².